The second-order valence-electron chi connectivity index (χ2n) is 8.27. The molecule has 29 heavy (non-hydrogen) atoms. The van der Waals surface area contributed by atoms with Gasteiger partial charge in [-0.2, -0.15) is 0 Å². The van der Waals surface area contributed by atoms with Crippen molar-refractivity contribution >= 4 is 42.1 Å². The molecule has 172 valence electrons. The molecular formula is C19H40IN5O4. The van der Waals surface area contributed by atoms with Gasteiger partial charge in [-0.25, -0.2) is 9.59 Å². The summed E-state index contributed by atoms with van der Waals surface area (Å²) in [7, 11) is 1.68. The third-order valence-corrected chi connectivity index (χ3v) is 3.25. The number of carbonyl (C=O) groups is 2. The van der Waals surface area contributed by atoms with Crippen LogP contribution in [-0.4, -0.2) is 74.0 Å². The normalized spacial score (nSPS) is 11.8. The first-order valence-electron chi connectivity index (χ1n) is 9.77. The van der Waals surface area contributed by atoms with Crippen molar-refractivity contribution in [2.75, 3.05) is 39.8 Å². The molecule has 0 atom stereocenters. The molecule has 0 aromatic carbocycles. The Labute approximate surface area is 192 Å². The molecule has 0 spiro atoms. The highest BCUT2D eigenvalue weighted by Gasteiger charge is 2.20. The average molecular weight is 529 g/mol. The number of nitrogens with zero attached hydrogens (tertiary/aromatic N) is 2. The number of likely N-dealkylation sites (N-methyl/N-ethyl adjacent to an activating group) is 1. The van der Waals surface area contributed by atoms with Crippen LogP contribution in [-0.2, 0) is 9.47 Å². The molecule has 0 unspecified atom stereocenters. The lowest BCUT2D eigenvalue weighted by atomic mass is 10.2. The molecule has 9 nitrogen and oxygen atoms in total. The largest absolute Gasteiger partial charge is 0.444 e. The van der Waals surface area contributed by atoms with Crippen LogP contribution in [0.5, 0.6) is 0 Å². The summed E-state index contributed by atoms with van der Waals surface area (Å²) >= 11 is 0. The standard InChI is InChI=1S/C19H39N5O4.HI/c1-9-24(17(26)28-19(5,6)7)14-13-22-15(20-8)21-11-10-12-23-16(25)27-18(2,3)4;/h9-14H2,1-8H3,(H,23,25)(H2,20,21,22);1H. The molecular weight excluding hydrogens is 489 g/mol. The van der Waals surface area contributed by atoms with E-state index in [9.17, 15) is 9.59 Å². The van der Waals surface area contributed by atoms with E-state index < -0.39 is 17.3 Å². The Morgan fingerprint density at radius 3 is 1.90 bits per heavy atom. The van der Waals surface area contributed by atoms with Crippen molar-refractivity contribution in [3.63, 3.8) is 0 Å². The number of halogens is 1. The van der Waals surface area contributed by atoms with Crippen LogP contribution in [0.2, 0.25) is 0 Å². The average Bonchev–Trinajstić information content (AvgIpc) is 2.53. The molecule has 0 aromatic heterocycles. The van der Waals surface area contributed by atoms with Gasteiger partial charge in [0.05, 0.1) is 0 Å². The Hall–Kier alpha value is -1.46. The number of aliphatic imine (C=N–C) groups is 1. The number of rotatable bonds is 8. The fraction of sp³-hybridized carbons (Fsp3) is 0.842. The molecule has 0 aliphatic heterocycles. The number of amides is 2. The Bertz CT molecular complexity index is 516. The molecule has 0 saturated carbocycles. The number of alkyl carbamates (subject to hydrolysis) is 1. The molecule has 0 radical (unpaired) electrons. The van der Waals surface area contributed by atoms with Crippen LogP contribution in [0.4, 0.5) is 9.59 Å². The van der Waals surface area contributed by atoms with Gasteiger partial charge < -0.3 is 30.3 Å². The first-order valence-corrected chi connectivity index (χ1v) is 9.77. The van der Waals surface area contributed by atoms with Gasteiger partial charge >= 0.3 is 12.2 Å². The number of hydrogen-bond acceptors (Lipinski definition) is 5. The lowest BCUT2D eigenvalue weighted by Crippen LogP contribution is -2.44. The fourth-order valence-corrected chi connectivity index (χ4v) is 2.03. The minimum Gasteiger partial charge on any atom is -0.444 e. The highest BCUT2D eigenvalue weighted by Crippen LogP contribution is 2.09. The Morgan fingerprint density at radius 1 is 0.897 bits per heavy atom. The summed E-state index contributed by atoms with van der Waals surface area (Å²) in [6, 6.07) is 0. The van der Waals surface area contributed by atoms with Gasteiger partial charge in [0.25, 0.3) is 0 Å². The first-order chi connectivity index (χ1) is 12.9. The van der Waals surface area contributed by atoms with Crippen LogP contribution >= 0.6 is 24.0 Å². The molecule has 0 saturated heterocycles. The summed E-state index contributed by atoms with van der Waals surface area (Å²) in [5.41, 5.74) is -1.01. The van der Waals surface area contributed by atoms with Crippen LogP contribution in [0.25, 0.3) is 0 Å². The van der Waals surface area contributed by atoms with Crippen molar-refractivity contribution in [3.8, 4) is 0 Å². The molecule has 0 aliphatic carbocycles. The zero-order chi connectivity index (χ0) is 21.8. The van der Waals surface area contributed by atoms with Gasteiger partial charge in [-0.05, 0) is 54.9 Å². The van der Waals surface area contributed by atoms with E-state index in [0.717, 1.165) is 6.42 Å². The van der Waals surface area contributed by atoms with Gasteiger partial charge in [0.1, 0.15) is 11.2 Å². The van der Waals surface area contributed by atoms with E-state index in [1.165, 1.54) is 0 Å². The maximum atomic E-state index is 12.1. The van der Waals surface area contributed by atoms with Gasteiger partial charge in [-0.3, -0.25) is 4.99 Å². The van der Waals surface area contributed by atoms with E-state index in [2.05, 4.69) is 20.9 Å². The molecule has 0 aliphatic rings. The van der Waals surface area contributed by atoms with Gasteiger partial charge in [0.15, 0.2) is 5.96 Å². The molecule has 0 heterocycles. The van der Waals surface area contributed by atoms with Crippen molar-refractivity contribution in [1.82, 2.24) is 20.9 Å². The fourth-order valence-electron chi connectivity index (χ4n) is 2.03. The third-order valence-electron chi connectivity index (χ3n) is 3.25. The zero-order valence-electron chi connectivity index (χ0n) is 19.2. The van der Waals surface area contributed by atoms with Gasteiger partial charge in [-0.1, -0.05) is 0 Å². The molecule has 0 fully saturated rings. The zero-order valence-corrected chi connectivity index (χ0v) is 21.5. The van der Waals surface area contributed by atoms with Crippen molar-refractivity contribution in [3.05, 3.63) is 0 Å². The predicted octanol–water partition coefficient (Wildman–Crippen LogP) is 2.94. The molecule has 10 heteroatoms. The number of carbonyl (C=O) groups excluding carboxylic acids is 2. The summed E-state index contributed by atoms with van der Waals surface area (Å²) in [5, 5.41) is 9.03. The van der Waals surface area contributed by atoms with E-state index in [1.807, 2.05) is 48.5 Å². The lowest BCUT2D eigenvalue weighted by Gasteiger charge is -2.26. The summed E-state index contributed by atoms with van der Waals surface area (Å²) in [6.07, 6.45) is -0.0244. The molecule has 0 aromatic rings. The minimum absolute atomic E-state index is 0. The summed E-state index contributed by atoms with van der Waals surface area (Å²) < 4.78 is 10.6. The number of ether oxygens (including phenoxy) is 2. The van der Waals surface area contributed by atoms with E-state index in [0.29, 0.717) is 38.7 Å². The second-order valence-corrected chi connectivity index (χ2v) is 8.27. The van der Waals surface area contributed by atoms with Gasteiger partial charge in [0, 0.05) is 39.8 Å². The minimum atomic E-state index is -0.511. The topological polar surface area (TPSA) is 104 Å². The Morgan fingerprint density at radius 2 is 1.41 bits per heavy atom. The molecule has 0 bridgehead atoms. The van der Waals surface area contributed by atoms with E-state index in [4.69, 9.17) is 9.47 Å². The molecule has 0 rings (SSSR count). The van der Waals surface area contributed by atoms with E-state index in [-0.39, 0.29) is 30.1 Å². The Kier molecular flexibility index (Phi) is 14.9. The lowest BCUT2D eigenvalue weighted by molar-refractivity contribution is 0.0263. The van der Waals surface area contributed by atoms with Crippen LogP contribution in [0.3, 0.4) is 0 Å². The van der Waals surface area contributed by atoms with Crippen LogP contribution in [0.15, 0.2) is 4.99 Å². The highest BCUT2D eigenvalue weighted by molar-refractivity contribution is 14.0. The van der Waals surface area contributed by atoms with Gasteiger partial charge in [0.2, 0.25) is 0 Å². The van der Waals surface area contributed by atoms with Crippen molar-refractivity contribution < 1.29 is 19.1 Å². The number of nitrogens with one attached hydrogen (secondary N) is 3. The number of hydrogen-bond donors (Lipinski definition) is 3. The highest BCUT2D eigenvalue weighted by atomic mass is 127. The summed E-state index contributed by atoms with van der Waals surface area (Å²) in [4.78, 5) is 29.4. The first kappa shape index (κ1) is 29.7. The SMILES string of the molecule is CCN(CCNC(=NC)NCCCNC(=O)OC(C)(C)C)C(=O)OC(C)(C)C.I. The van der Waals surface area contributed by atoms with E-state index >= 15 is 0 Å². The van der Waals surface area contributed by atoms with Crippen molar-refractivity contribution in [1.29, 1.82) is 0 Å². The summed E-state index contributed by atoms with van der Waals surface area (Å²) in [5.74, 6) is 0.637. The maximum absolute atomic E-state index is 12.1. The van der Waals surface area contributed by atoms with E-state index in [1.54, 1.807) is 11.9 Å². The summed E-state index contributed by atoms with van der Waals surface area (Å²) in [6.45, 7) is 15.7. The molecule has 2 amide bonds. The Balaban J connectivity index is 0. The van der Waals surface area contributed by atoms with Crippen molar-refractivity contribution in [2.24, 2.45) is 4.99 Å². The quantitative estimate of drug-likeness (QED) is 0.193. The van der Waals surface area contributed by atoms with Crippen LogP contribution in [0.1, 0.15) is 54.9 Å². The van der Waals surface area contributed by atoms with Crippen LogP contribution in [0, 0.1) is 0 Å². The second kappa shape index (κ2) is 14.5. The van der Waals surface area contributed by atoms with Crippen LogP contribution < -0.4 is 16.0 Å². The molecule has 3 N–H and O–H groups in total. The predicted molar refractivity (Wildman–Crippen MR) is 127 cm³/mol. The van der Waals surface area contributed by atoms with Crippen molar-refractivity contribution in [2.45, 2.75) is 66.1 Å². The van der Waals surface area contributed by atoms with Gasteiger partial charge in [-0.15, -0.1) is 24.0 Å². The number of guanidine groups is 1. The monoisotopic (exact) mass is 529 g/mol. The smallest absolute Gasteiger partial charge is 0.410 e. The third kappa shape index (κ3) is 17.1. The maximum Gasteiger partial charge on any atom is 0.410 e.